The molecule has 21 heavy (non-hydrogen) atoms. The second-order valence-electron chi connectivity index (χ2n) is 5.22. The molecule has 7 heteroatoms. The number of carbonyl (C=O) groups excluding carboxylic acids is 1. The molecule has 1 amide bonds. The molecule has 3 rings (SSSR count). The van der Waals surface area contributed by atoms with Crippen LogP contribution in [0.5, 0.6) is 0 Å². The van der Waals surface area contributed by atoms with Crippen molar-refractivity contribution >= 4 is 27.7 Å². The lowest BCUT2D eigenvalue weighted by molar-refractivity contribution is -0.133. The third-order valence-corrected chi connectivity index (χ3v) is 3.97. The summed E-state index contributed by atoms with van der Waals surface area (Å²) >= 11 is 3.31. The molecule has 6 nitrogen and oxygen atoms in total. The molecule has 0 bridgehead atoms. The van der Waals surface area contributed by atoms with E-state index in [-0.39, 0.29) is 5.91 Å². The zero-order valence-corrected chi connectivity index (χ0v) is 13.0. The molecule has 110 valence electrons. The number of amides is 1. The van der Waals surface area contributed by atoms with E-state index in [2.05, 4.69) is 32.3 Å². The number of nitrogens with zero attached hydrogens (tertiary/aromatic N) is 3. The van der Waals surface area contributed by atoms with Gasteiger partial charge in [0.05, 0.1) is 18.7 Å². The van der Waals surface area contributed by atoms with Gasteiger partial charge in [0.15, 0.2) is 6.10 Å². The van der Waals surface area contributed by atoms with E-state index in [0.29, 0.717) is 37.1 Å². The van der Waals surface area contributed by atoms with Crippen LogP contribution in [-0.4, -0.2) is 42.7 Å². The molecule has 1 aromatic rings. The van der Waals surface area contributed by atoms with E-state index in [1.807, 2.05) is 4.90 Å². The monoisotopic (exact) mass is 350 g/mol. The molecule has 1 unspecified atom stereocenters. The number of hydrogen-bond donors (Lipinski definition) is 1. The average molecular weight is 351 g/mol. The van der Waals surface area contributed by atoms with Gasteiger partial charge in [-0.15, -0.1) is 0 Å². The van der Waals surface area contributed by atoms with Gasteiger partial charge in [-0.2, -0.15) is 5.26 Å². The predicted molar refractivity (Wildman–Crippen MR) is 79.8 cm³/mol. The van der Waals surface area contributed by atoms with Gasteiger partial charge < -0.3 is 15.0 Å². The van der Waals surface area contributed by atoms with Gasteiger partial charge in [0.2, 0.25) is 0 Å². The highest BCUT2D eigenvalue weighted by molar-refractivity contribution is 9.10. The average Bonchev–Trinajstić information content (AvgIpc) is 3.31. The number of nitrogens with one attached hydrogen (secondary N) is 1. The number of rotatable bonds is 3. The topological polar surface area (TPSA) is 78.2 Å². The normalized spacial score (nSPS) is 21.7. The number of aromatic nitrogens is 1. The van der Waals surface area contributed by atoms with Crippen molar-refractivity contribution in [3.63, 3.8) is 0 Å². The summed E-state index contributed by atoms with van der Waals surface area (Å²) in [5.41, 5.74) is 0.493. The molecule has 2 heterocycles. The van der Waals surface area contributed by atoms with Crippen LogP contribution in [0, 0.1) is 11.3 Å². The number of ether oxygens (including phenoxy) is 1. The van der Waals surface area contributed by atoms with E-state index in [4.69, 9.17) is 4.74 Å². The van der Waals surface area contributed by atoms with Crippen LogP contribution in [0.25, 0.3) is 0 Å². The van der Waals surface area contributed by atoms with Crippen molar-refractivity contribution < 1.29 is 9.53 Å². The van der Waals surface area contributed by atoms with Crippen molar-refractivity contribution in [1.29, 1.82) is 5.26 Å². The van der Waals surface area contributed by atoms with Gasteiger partial charge in [-0.25, -0.2) is 4.98 Å². The molecule has 2 fully saturated rings. The fourth-order valence-electron chi connectivity index (χ4n) is 2.29. The van der Waals surface area contributed by atoms with Crippen molar-refractivity contribution in [3.05, 3.63) is 22.3 Å². The van der Waals surface area contributed by atoms with E-state index < -0.39 is 6.10 Å². The Kier molecular flexibility index (Phi) is 4.08. The molecule has 0 spiro atoms. The maximum atomic E-state index is 12.1. The van der Waals surface area contributed by atoms with Gasteiger partial charge in [-0.1, -0.05) is 0 Å². The quantitative estimate of drug-likeness (QED) is 0.885. The van der Waals surface area contributed by atoms with Crippen LogP contribution in [0.15, 0.2) is 16.7 Å². The maximum absolute atomic E-state index is 12.1. The van der Waals surface area contributed by atoms with Crippen LogP contribution in [0.3, 0.4) is 0 Å². The number of anilines is 1. The van der Waals surface area contributed by atoms with Crippen LogP contribution >= 0.6 is 15.9 Å². The minimum Gasteiger partial charge on any atom is -0.365 e. The zero-order valence-electron chi connectivity index (χ0n) is 11.4. The van der Waals surface area contributed by atoms with Crippen LogP contribution < -0.4 is 10.2 Å². The van der Waals surface area contributed by atoms with Crippen molar-refractivity contribution in [2.75, 3.05) is 24.6 Å². The summed E-state index contributed by atoms with van der Waals surface area (Å²) in [4.78, 5) is 18.3. The summed E-state index contributed by atoms with van der Waals surface area (Å²) < 4.78 is 6.31. The highest BCUT2D eigenvalue weighted by atomic mass is 79.9. The zero-order chi connectivity index (χ0) is 14.8. The number of halogens is 1. The summed E-state index contributed by atoms with van der Waals surface area (Å²) in [7, 11) is 0. The van der Waals surface area contributed by atoms with Crippen molar-refractivity contribution in [2.45, 2.75) is 25.0 Å². The SMILES string of the molecule is N#Cc1cc(Br)cnc1N1CCOC(C(=O)NC2CC2)C1. The molecule has 1 atom stereocenters. The summed E-state index contributed by atoms with van der Waals surface area (Å²) in [5.74, 6) is 0.533. The highest BCUT2D eigenvalue weighted by Gasteiger charge is 2.32. The molecular formula is C14H15BrN4O2. The first-order valence-corrected chi connectivity index (χ1v) is 7.69. The number of pyridine rings is 1. The smallest absolute Gasteiger partial charge is 0.251 e. The first-order chi connectivity index (χ1) is 10.2. The fraction of sp³-hybridized carbons (Fsp3) is 0.500. The summed E-state index contributed by atoms with van der Waals surface area (Å²) in [6, 6.07) is 4.19. The van der Waals surface area contributed by atoms with Crippen molar-refractivity contribution in [1.82, 2.24) is 10.3 Å². The van der Waals surface area contributed by atoms with Gasteiger partial charge in [0.25, 0.3) is 5.91 Å². The largest absolute Gasteiger partial charge is 0.365 e. The molecule has 1 saturated heterocycles. The second-order valence-corrected chi connectivity index (χ2v) is 6.14. The van der Waals surface area contributed by atoms with Crippen molar-refractivity contribution in [3.8, 4) is 6.07 Å². The highest BCUT2D eigenvalue weighted by Crippen LogP contribution is 2.23. The Bertz CT molecular complexity index is 597. The number of carbonyl (C=O) groups is 1. The minimum atomic E-state index is -0.503. The van der Waals surface area contributed by atoms with Crippen LogP contribution in [0.1, 0.15) is 18.4 Å². The Hall–Kier alpha value is -1.65. The lowest BCUT2D eigenvalue weighted by atomic mass is 10.2. The van der Waals surface area contributed by atoms with Gasteiger partial charge >= 0.3 is 0 Å². The molecule has 1 aliphatic heterocycles. The third kappa shape index (κ3) is 3.34. The van der Waals surface area contributed by atoms with Crippen LogP contribution in [0.4, 0.5) is 5.82 Å². The minimum absolute atomic E-state index is 0.0715. The lowest BCUT2D eigenvalue weighted by Gasteiger charge is -2.33. The first-order valence-electron chi connectivity index (χ1n) is 6.90. The van der Waals surface area contributed by atoms with E-state index >= 15 is 0 Å². The van der Waals surface area contributed by atoms with Gasteiger partial charge in [-0.05, 0) is 34.8 Å². The van der Waals surface area contributed by atoms with Gasteiger partial charge in [0, 0.05) is 23.3 Å². The lowest BCUT2D eigenvalue weighted by Crippen LogP contribution is -2.50. The van der Waals surface area contributed by atoms with Crippen molar-refractivity contribution in [2.24, 2.45) is 0 Å². The molecule has 1 N–H and O–H groups in total. The second kappa shape index (κ2) is 6.00. The van der Waals surface area contributed by atoms with Gasteiger partial charge in [-0.3, -0.25) is 4.79 Å². The molecule has 1 aromatic heterocycles. The van der Waals surface area contributed by atoms with E-state index in [9.17, 15) is 10.1 Å². The summed E-state index contributed by atoms with van der Waals surface area (Å²) in [5, 5.41) is 12.2. The standard InChI is InChI=1S/C14H15BrN4O2/c15-10-5-9(6-16)13(17-7-10)19-3-4-21-12(8-19)14(20)18-11-1-2-11/h5,7,11-12H,1-4,8H2,(H,18,20). The molecular weight excluding hydrogens is 336 g/mol. The Balaban J connectivity index is 1.73. The maximum Gasteiger partial charge on any atom is 0.251 e. The van der Waals surface area contributed by atoms with E-state index in [1.165, 1.54) is 0 Å². The van der Waals surface area contributed by atoms with Gasteiger partial charge in [0.1, 0.15) is 11.9 Å². The summed E-state index contributed by atoms with van der Waals surface area (Å²) in [6.45, 7) is 1.49. The molecule has 1 aliphatic carbocycles. The molecule has 2 aliphatic rings. The number of morpholine rings is 1. The Labute approximate surface area is 131 Å². The third-order valence-electron chi connectivity index (χ3n) is 3.54. The van der Waals surface area contributed by atoms with Crippen LogP contribution in [-0.2, 0) is 9.53 Å². The molecule has 0 aromatic carbocycles. The fourth-order valence-corrected chi connectivity index (χ4v) is 2.62. The Morgan fingerprint density at radius 3 is 3.10 bits per heavy atom. The Morgan fingerprint density at radius 2 is 2.38 bits per heavy atom. The molecule has 1 saturated carbocycles. The Morgan fingerprint density at radius 1 is 1.57 bits per heavy atom. The van der Waals surface area contributed by atoms with E-state index in [1.54, 1.807) is 12.3 Å². The number of nitriles is 1. The summed E-state index contributed by atoms with van der Waals surface area (Å²) in [6.07, 6.45) is 3.26. The first kappa shape index (κ1) is 14.3. The van der Waals surface area contributed by atoms with E-state index in [0.717, 1.165) is 17.3 Å². The predicted octanol–water partition coefficient (Wildman–Crippen LogP) is 1.20. The number of hydrogen-bond acceptors (Lipinski definition) is 5. The van der Waals surface area contributed by atoms with Crippen LogP contribution in [0.2, 0.25) is 0 Å². The molecule has 0 radical (unpaired) electrons.